The van der Waals surface area contributed by atoms with Crippen LogP contribution in [0.3, 0.4) is 0 Å². The summed E-state index contributed by atoms with van der Waals surface area (Å²) in [6, 6.07) is -0.713. The maximum absolute atomic E-state index is 13.2. The van der Waals surface area contributed by atoms with Crippen molar-refractivity contribution >= 4 is 11.9 Å². The van der Waals surface area contributed by atoms with Crippen molar-refractivity contribution in [2.45, 2.75) is 296 Å². The van der Waals surface area contributed by atoms with Crippen molar-refractivity contribution < 1.29 is 24.5 Å². The molecule has 3 atom stereocenters. The molecule has 6 heteroatoms. The van der Waals surface area contributed by atoms with Gasteiger partial charge in [0, 0.05) is 6.42 Å². The third-order valence-electron chi connectivity index (χ3n) is 12.4. The molecule has 0 saturated heterocycles. The van der Waals surface area contributed by atoms with Gasteiger partial charge in [-0.25, -0.2) is 0 Å². The Morgan fingerprint density at radius 2 is 0.794 bits per heavy atom. The molecule has 0 fully saturated rings. The van der Waals surface area contributed by atoms with Crippen LogP contribution in [0.5, 0.6) is 0 Å². The molecule has 0 aliphatic rings. The average Bonchev–Trinajstić information content (AvgIpc) is 3.28. The molecule has 0 aliphatic carbocycles. The van der Waals surface area contributed by atoms with Crippen molar-refractivity contribution in [1.29, 1.82) is 0 Å². The lowest BCUT2D eigenvalue weighted by Crippen LogP contribution is -2.46. The first kappa shape index (κ1) is 60.8. The fourth-order valence-corrected chi connectivity index (χ4v) is 8.24. The number of esters is 1. The van der Waals surface area contributed by atoms with Gasteiger partial charge in [-0.2, -0.15) is 0 Å². The highest BCUT2D eigenvalue weighted by molar-refractivity contribution is 5.77. The molecular formula is C57H105NO5. The Balaban J connectivity index is 4.63. The van der Waals surface area contributed by atoms with E-state index in [1.54, 1.807) is 0 Å². The van der Waals surface area contributed by atoms with Crippen LogP contribution in [0.25, 0.3) is 0 Å². The minimum absolute atomic E-state index is 0.0541. The van der Waals surface area contributed by atoms with Crippen LogP contribution < -0.4 is 5.32 Å². The molecule has 0 saturated carbocycles. The molecule has 63 heavy (non-hydrogen) atoms. The number of hydrogen-bond donors (Lipinski definition) is 3. The largest absolute Gasteiger partial charge is 0.462 e. The Morgan fingerprint density at radius 1 is 0.460 bits per heavy atom. The number of carbonyl (C=O) groups excluding carboxylic acids is 2. The smallest absolute Gasteiger partial charge is 0.306 e. The molecule has 0 aromatic carbocycles. The summed E-state index contributed by atoms with van der Waals surface area (Å²) in [5.41, 5.74) is 0. The molecule has 0 bridgehead atoms. The van der Waals surface area contributed by atoms with Crippen molar-refractivity contribution in [3.8, 4) is 0 Å². The molecule has 0 rings (SSSR count). The van der Waals surface area contributed by atoms with E-state index in [1.165, 1.54) is 141 Å². The maximum Gasteiger partial charge on any atom is 0.306 e. The second-order valence-electron chi connectivity index (χ2n) is 18.7. The normalized spacial score (nSPS) is 13.5. The van der Waals surface area contributed by atoms with Gasteiger partial charge in [-0.1, -0.05) is 236 Å². The Morgan fingerprint density at radius 3 is 1.19 bits per heavy atom. The average molecular weight is 884 g/mol. The molecular weight excluding hydrogens is 779 g/mol. The topological polar surface area (TPSA) is 95.9 Å². The van der Waals surface area contributed by atoms with Crippen molar-refractivity contribution in [3.63, 3.8) is 0 Å². The van der Waals surface area contributed by atoms with Crippen LogP contribution in [0.1, 0.15) is 278 Å². The summed E-state index contributed by atoms with van der Waals surface area (Å²) < 4.78 is 5.93. The Hall–Kier alpha value is -2.18. The van der Waals surface area contributed by atoms with Gasteiger partial charge < -0.3 is 20.3 Å². The standard InChI is InChI=1S/C57H105NO5/c1-4-7-10-13-16-19-22-24-26-28-29-31-33-35-38-41-44-47-50-57(62)63-53(48-45-42-39-36-34-32-30-27-25-23-20-17-14-11-8-5-2)51-56(61)58-54(52-59)55(60)49-46-43-40-37-21-18-15-12-9-6-3/h26-32,34,53-55,59-60H,4-25,33,35-52H2,1-3H3,(H,58,61)/b28-26+,30-27+,31-29+,34-32+. The number of allylic oxidation sites excluding steroid dienone is 8. The molecule has 0 aromatic heterocycles. The lowest BCUT2D eigenvalue weighted by atomic mass is 10.0. The third-order valence-corrected chi connectivity index (χ3v) is 12.4. The monoisotopic (exact) mass is 884 g/mol. The summed E-state index contributed by atoms with van der Waals surface area (Å²) in [5, 5.41) is 23.7. The van der Waals surface area contributed by atoms with Crippen LogP contribution in [-0.4, -0.2) is 46.9 Å². The lowest BCUT2D eigenvalue weighted by Gasteiger charge is -2.24. The maximum atomic E-state index is 13.2. The fraction of sp³-hybridized carbons (Fsp3) is 0.825. The molecule has 0 aromatic rings. The molecule has 0 spiro atoms. The van der Waals surface area contributed by atoms with E-state index in [-0.39, 0.29) is 24.9 Å². The van der Waals surface area contributed by atoms with Crippen LogP contribution in [0, 0.1) is 0 Å². The SMILES string of the molecule is CCCCCCCCC/C=C/C=C/CCCCCCCC(=O)OC(CCCCC/C=C/C=C/CCCCCCCCC)CC(=O)NC(CO)C(O)CCCCCCCCCCCC. The second kappa shape index (κ2) is 50.8. The molecule has 3 N–H and O–H groups in total. The van der Waals surface area contributed by atoms with Crippen molar-refractivity contribution in [1.82, 2.24) is 5.32 Å². The molecule has 6 nitrogen and oxygen atoms in total. The summed E-state index contributed by atoms with van der Waals surface area (Å²) in [6.07, 6.45) is 61.7. The van der Waals surface area contributed by atoms with Crippen LogP contribution in [0.2, 0.25) is 0 Å². The van der Waals surface area contributed by atoms with E-state index in [1.807, 2.05) is 0 Å². The number of carbonyl (C=O) groups is 2. The third kappa shape index (κ3) is 46.2. The number of aliphatic hydroxyl groups is 2. The van der Waals surface area contributed by atoms with Gasteiger partial charge in [-0.05, 0) is 77.0 Å². The van der Waals surface area contributed by atoms with E-state index in [9.17, 15) is 19.8 Å². The van der Waals surface area contributed by atoms with Crippen LogP contribution in [0.4, 0.5) is 0 Å². The van der Waals surface area contributed by atoms with Gasteiger partial charge in [0.15, 0.2) is 0 Å². The van der Waals surface area contributed by atoms with Gasteiger partial charge in [0.2, 0.25) is 5.91 Å². The zero-order valence-corrected chi connectivity index (χ0v) is 42.0. The minimum Gasteiger partial charge on any atom is -0.462 e. The molecule has 0 heterocycles. The number of amides is 1. The highest BCUT2D eigenvalue weighted by Crippen LogP contribution is 2.17. The van der Waals surface area contributed by atoms with Gasteiger partial charge in [0.05, 0.1) is 25.2 Å². The summed E-state index contributed by atoms with van der Waals surface area (Å²) in [5.74, 6) is -0.511. The predicted molar refractivity (Wildman–Crippen MR) is 273 cm³/mol. The van der Waals surface area contributed by atoms with E-state index in [2.05, 4.69) is 74.7 Å². The number of rotatable bonds is 49. The zero-order valence-electron chi connectivity index (χ0n) is 42.0. The first-order valence-corrected chi connectivity index (χ1v) is 27.4. The first-order valence-electron chi connectivity index (χ1n) is 27.4. The number of aliphatic hydroxyl groups excluding tert-OH is 2. The summed E-state index contributed by atoms with van der Waals surface area (Å²) in [4.78, 5) is 26.2. The van der Waals surface area contributed by atoms with E-state index in [0.717, 1.165) is 89.9 Å². The zero-order chi connectivity index (χ0) is 45.9. The van der Waals surface area contributed by atoms with E-state index in [4.69, 9.17) is 4.74 Å². The molecule has 1 amide bonds. The van der Waals surface area contributed by atoms with Crippen LogP contribution >= 0.6 is 0 Å². The Bertz CT molecular complexity index is 1080. The highest BCUT2D eigenvalue weighted by atomic mass is 16.5. The van der Waals surface area contributed by atoms with E-state index in [0.29, 0.717) is 19.3 Å². The molecule has 0 aliphatic heterocycles. The highest BCUT2D eigenvalue weighted by Gasteiger charge is 2.24. The van der Waals surface area contributed by atoms with Gasteiger partial charge in [0.25, 0.3) is 0 Å². The van der Waals surface area contributed by atoms with Gasteiger partial charge >= 0.3 is 5.97 Å². The Labute approximate surface area is 391 Å². The van der Waals surface area contributed by atoms with Crippen molar-refractivity contribution in [2.24, 2.45) is 0 Å². The fourth-order valence-electron chi connectivity index (χ4n) is 8.24. The van der Waals surface area contributed by atoms with Gasteiger partial charge in [-0.3, -0.25) is 9.59 Å². The van der Waals surface area contributed by atoms with Crippen molar-refractivity contribution in [2.75, 3.05) is 6.61 Å². The van der Waals surface area contributed by atoms with Crippen LogP contribution in [-0.2, 0) is 14.3 Å². The first-order chi connectivity index (χ1) is 31.0. The van der Waals surface area contributed by atoms with Gasteiger partial charge in [0.1, 0.15) is 6.10 Å². The minimum atomic E-state index is -0.797. The summed E-state index contributed by atoms with van der Waals surface area (Å²) in [6.45, 7) is 6.46. The van der Waals surface area contributed by atoms with Crippen LogP contribution in [0.15, 0.2) is 48.6 Å². The Kier molecular flexibility index (Phi) is 49.1. The molecule has 368 valence electrons. The van der Waals surface area contributed by atoms with E-state index < -0.39 is 18.2 Å². The predicted octanol–water partition coefficient (Wildman–Crippen LogP) is 16.6. The summed E-state index contributed by atoms with van der Waals surface area (Å²) in [7, 11) is 0. The quantitative estimate of drug-likeness (QED) is 0.0321. The number of ether oxygens (including phenoxy) is 1. The second-order valence-corrected chi connectivity index (χ2v) is 18.7. The number of nitrogens with one attached hydrogen (secondary N) is 1. The number of hydrogen-bond acceptors (Lipinski definition) is 5. The van der Waals surface area contributed by atoms with Gasteiger partial charge in [-0.15, -0.1) is 0 Å². The summed E-state index contributed by atoms with van der Waals surface area (Å²) >= 11 is 0. The number of unbranched alkanes of at least 4 members (excludes halogenated alkanes) is 31. The van der Waals surface area contributed by atoms with Crippen molar-refractivity contribution in [3.05, 3.63) is 48.6 Å². The molecule has 0 radical (unpaired) electrons. The lowest BCUT2D eigenvalue weighted by molar-refractivity contribution is -0.151. The molecule has 3 unspecified atom stereocenters. The van der Waals surface area contributed by atoms with E-state index >= 15 is 0 Å².